The molecule has 216 valence electrons. The third-order valence-corrected chi connectivity index (χ3v) is 16.4. The molecule has 0 unspecified atom stereocenters. The number of benzene rings is 1. The van der Waals surface area contributed by atoms with E-state index in [2.05, 4.69) is 106 Å². The molecule has 3 aliphatic rings. The van der Waals surface area contributed by atoms with Gasteiger partial charge in [0.15, 0.2) is 8.32 Å². The summed E-state index contributed by atoms with van der Waals surface area (Å²) in [5.74, 6) is 1.71. The van der Waals surface area contributed by atoms with Crippen LogP contribution in [0.3, 0.4) is 0 Å². The lowest BCUT2D eigenvalue weighted by atomic mass is 9.49. The highest BCUT2D eigenvalue weighted by atomic mass is 28.4. The first kappa shape index (κ1) is 29.2. The molecule has 0 N–H and O–H groups in total. The van der Waals surface area contributed by atoms with Gasteiger partial charge in [0.1, 0.15) is 0 Å². The molecule has 6 nitrogen and oxygen atoms in total. The smallest absolute Gasteiger partial charge is 0.191 e. The predicted molar refractivity (Wildman–Crippen MR) is 166 cm³/mol. The summed E-state index contributed by atoms with van der Waals surface area (Å²) in [7, 11) is -1.94. The van der Waals surface area contributed by atoms with Crippen LogP contribution in [0.1, 0.15) is 71.6 Å². The maximum absolute atomic E-state index is 9.37. The summed E-state index contributed by atoms with van der Waals surface area (Å²) in [6, 6.07) is 10.5. The second-order valence-electron chi connectivity index (χ2n) is 14.9. The SMILES string of the molecule is C=C1CC[C@H]2[C@H](CN=[N+]=[N-])[C@@H]([C@@]3(C)Cc4cnn(-c5ccccc5)c4C[C@@H]3CO[Si](C)(C)C(C)(C)C)CC[C@]12C. The Labute approximate surface area is 242 Å². The zero-order chi connectivity index (χ0) is 28.9. The molecular weight excluding hydrogens is 510 g/mol. The van der Waals surface area contributed by atoms with Crippen molar-refractivity contribution in [3.8, 4) is 5.69 Å². The average Bonchev–Trinajstić information content (AvgIpc) is 3.45. The molecular formula is C33H49N5OSi. The van der Waals surface area contributed by atoms with Crippen LogP contribution in [0.25, 0.3) is 16.1 Å². The van der Waals surface area contributed by atoms with Crippen molar-refractivity contribution in [1.82, 2.24) is 9.78 Å². The highest BCUT2D eigenvalue weighted by Gasteiger charge is 2.57. The third-order valence-electron chi connectivity index (χ3n) is 11.9. The van der Waals surface area contributed by atoms with Gasteiger partial charge >= 0.3 is 0 Å². The van der Waals surface area contributed by atoms with Gasteiger partial charge in [-0.15, -0.1) is 0 Å². The molecule has 2 saturated carbocycles. The van der Waals surface area contributed by atoms with Crippen molar-refractivity contribution in [1.29, 1.82) is 0 Å². The van der Waals surface area contributed by atoms with Gasteiger partial charge in [-0.1, -0.05) is 70.1 Å². The fourth-order valence-electron chi connectivity index (χ4n) is 8.19. The van der Waals surface area contributed by atoms with Crippen LogP contribution in [0.5, 0.6) is 0 Å². The van der Waals surface area contributed by atoms with Crippen LogP contribution in [0.4, 0.5) is 0 Å². The first-order chi connectivity index (χ1) is 18.8. The minimum atomic E-state index is -1.94. The van der Waals surface area contributed by atoms with Crippen LogP contribution >= 0.6 is 0 Å². The molecule has 0 spiro atoms. The first-order valence-electron chi connectivity index (χ1n) is 15.3. The number of azide groups is 1. The fraction of sp³-hybridized carbons (Fsp3) is 0.667. The van der Waals surface area contributed by atoms with Crippen LogP contribution < -0.4 is 0 Å². The molecule has 7 heteroatoms. The zero-order valence-electron chi connectivity index (χ0n) is 25.8. The van der Waals surface area contributed by atoms with E-state index in [0.29, 0.717) is 30.2 Å². The lowest BCUT2D eigenvalue weighted by molar-refractivity contribution is -0.0523. The Morgan fingerprint density at radius 2 is 1.90 bits per heavy atom. The Hall–Kier alpha value is -2.34. The fourth-order valence-corrected chi connectivity index (χ4v) is 9.24. The van der Waals surface area contributed by atoms with Crippen molar-refractivity contribution in [3.63, 3.8) is 0 Å². The van der Waals surface area contributed by atoms with Crippen molar-refractivity contribution in [2.24, 2.45) is 39.6 Å². The molecule has 0 aliphatic heterocycles. The summed E-state index contributed by atoms with van der Waals surface area (Å²) < 4.78 is 9.17. The van der Waals surface area contributed by atoms with E-state index in [-0.39, 0.29) is 15.9 Å². The number of hydrogen-bond donors (Lipinski definition) is 0. The molecule has 40 heavy (non-hydrogen) atoms. The molecule has 0 bridgehead atoms. The topological polar surface area (TPSA) is 75.8 Å². The van der Waals surface area contributed by atoms with E-state index in [1.807, 2.05) is 0 Å². The average molecular weight is 560 g/mol. The molecule has 0 radical (unpaired) electrons. The molecule has 1 heterocycles. The van der Waals surface area contributed by atoms with Gasteiger partial charge in [0.05, 0.1) is 11.9 Å². The highest BCUT2D eigenvalue weighted by molar-refractivity contribution is 6.74. The highest BCUT2D eigenvalue weighted by Crippen LogP contribution is 2.63. The Morgan fingerprint density at radius 3 is 2.58 bits per heavy atom. The Bertz CT molecular complexity index is 1290. The number of para-hydroxylation sites is 1. The summed E-state index contributed by atoms with van der Waals surface area (Å²) in [5, 5.41) is 9.30. The van der Waals surface area contributed by atoms with Gasteiger partial charge in [0.25, 0.3) is 0 Å². The Balaban J connectivity index is 1.55. The molecule has 1 aromatic carbocycles. The van der Waals surface area contributed by atoms with Gasteiger partial charge < -0.3 is 4.43 Å². The summed E-state index contributed by atoms with van der Waals surface area (Å²) in [6.07, 6.45) is 8.64. The van der Waals surface area contributed by atoms with Gasteiger partial charge in [-0.05, 0) is 114 Å². The van der Waals surface area contributed by atoms with E-state index in [1.165, 1.54) is 23.3 Å². The van der Waals surface area contributed by atoms with Crippen molar-refractivity contribution in [2.75, 3.05) is 13.2 Å². The van der Waals surface area contributed by atoms with Gasteiger partial charge in [0, 0.05) is 23.8 Å². The minimum Gasteiger partial charge on any atom is -0.417 e. The van der Waals surface area contributed by atoms with Crippen molar-refractivity contribution in [3.05, 3.63) is 70.4 Å². The number of nitrogens with zero attached hydrogens (tertiary/aromatic N) is 5. The van der Waals surface area contributed by atoms with E-state index in [1.54, 1.807) is 0 Å². The largest absolute Gasteiger partial charge is 0.417 e. The number of hydrogen-bond acceptors (Lipinski definition) is 3. The molecule has 5 rings (SSSR count). The molecule has 1 aromatic heterocycles. The van der Waals surface area contributed by atoms with Crippen LogP contribution in [0.15, 0.2) is 53.8 Å². The number of aromatic nitrogens is 2. The monoisotopic (exact) mass is 559 g/mol. The van der Waals surface area contributed by atoms with Crippen LogP contribution in [-0.4, -0.2) is 31.2 Å². The lowest BCUT2D eigenvalue weighted by Crippen LogP contribution is -2.53. The Kier molecular flexibility index (Phi) is 7.65. The molecule has 2 fully saturated rings. The normalized spacial score (nSPS) is 32.3. The van der Waals surface area contributed by atoms with E-state index >= 15 is 0 Å². The third kappa shape index (κ3) is 4.88. The second kappa shape index (κ2) is 10.5. The number of allylic oxidation sites excluding steroid dienone is 1. The number of rotatable bonds is 7. The standard InChI is InChI=1S/C33H49N5OSi/c1-23-14-15-28-27(21-35-37-34)29(16-17-32(23,28)5)33(6)19-24-20-36-38(26-12-10-9-11-13-26)30(24)18-25(33)22-39-40(7,8)31(2,3)4/h9-13,20,25,27-29H,1,14-19,21-22H2,2-8H3/t25-,27+,28+,29+,32-,33+/m1/s1. The van der Waals surface area contributed by atoms with Gasteiger partial charge in [0.2, 0.25) is 0 Å². The molecule has 6 atom stereocenters. The first-order valence-corrected chi connectivity index (χ1v) is 18.2. The van der Waals surface area contributed by atoms with Crippen LogP contribution in [0.2, 0.25) is 18.1 Å². The Morgan fingerprint density at radius 1 is 1.18 bits per heavy atom. The van der Waals surface area contributed by atoms with E-state index < -0.39 is 8.32 Å². The van der Waals surface area contributed by atoms with Crippen molar-refractivity contribution < 1.29 is 4.43 Å². The quantitative estimate of drug-likeness (QED) is 0.112. The van der Waals surface area contributed by atoms with Gasteiger partial charge in [-0.25, -0.2) is 4.68 Å². The summed E-state index contributed by atoms with van der Waals surface area (Å²) in [4.78, 5) is 3.25. The summed E-state index contributed by atoms with van der Waals surface area (Å²) in [6.45, 7) is 22.5. The predicted octanol–water partition coefficient (Wildman–Crippen LogP) is 8.92. The maximum atomic E-state index is 9.37. The van der Waals surface area contributed by atoms with Gasteiger partial charge in [-0.3, -0.25) is 0 Å². The lowest BCUT2D eigenvalue weighted by Gasteiger charge is -2.56. The van der Waals surface area contributed by atoms with Crippen LogP contribution in [-0.2, 0) is 17.3 Å². The molecule has 0 saturated heterocycles. The summed E-state index contributed by atoms with van der Waals surface area (Å²) >= 11 is 0. The van der Waals surface area contributed by atoms with E-state index in [9.17, 15) is 5.53 Å². The van der Waals surface area contributed by atoms with E-state index in [0.717, 1.165) is 44.4 Å². The van der Waals surface area contributed by atoms with Crippen LogP contribution in [0, 0.1) is 34.5 Å². The second-order valence-corrected chi connectivity index (χ2v) is 19.7. The molecule has 0 amide bonds. The molecule has 2 aromatic rings. The summed E-state index contributed by atoms with van der Waals surface area (Å²) in [5.41, 5.74) is 14.8. The maximum Gasteiger partial charge on any atom is 0.191 e. The zero-order valence-corrected chi connectivity index (χ0v) is 26.8. The number of fused-ring (bicyclic) bond motifs is 2. The minimum absolute atomic E-state index is 0.0286. The van der Waals surface area contributed by atoms with Crippen molar-refractivity contribution in [2.45, 2.75) is 91.3 Å². The van der Waals surface area contributed by atoms with Gasteiger partial charge in [-0.2, -0.15) is 5.10 Å². The van der Waals surface area contributed by atoms with E-state index in [4.69, 9.17) is 9.52 Å². The van der Waals surface area contributed by atoms with Crippen molar-refractivity contribution >= 4 is 8.32 Å². The molecule has 3 aliphatic carbocycles.